The summed E-state index contributed by atoms with van der Waals surface area (Å²) in [7, 11) is 0. The van der Waals surface area contributed by atoms with Crippen LogP contribution in [0.25, 0.3) is 0 Å². The van der Waals surface area contributed by atoms with Crippen LogP contribution in [0.5, 0.6) is 0 Å². The number of hydrogen-bond acceptors (Lipinski definition) is 4. The zero-order valence-electron chi connectivity index (χ0n) is 19.4. The van der Waals surface area contributed by atoms with E-state index in [1.807, 2.05) is 24.3 Å². The molecule has 0 aromatic heterocycles. The van der Waals surface area contributed by atoms with E-state index in [9.17, 15) is 9.59 Å². The number of aryl methyl sites for hydroxylation is 1. The highest BCUT2D eigenvalue weighted by Gasteiger charge is 2.31. The third-order valence-corrected chi connectivity index (χ3v) is 6.36. The number of carboxylic acid groups (broad SMARTS) is 1. The number of nitrogens with one attached hydrogen (secondary N) is 3. The van der Waals surface area contributed by atoms with Gasteiger partial charge in [0.25, 0.3) is 6.47 Å². The van der Waals surface area contributed by atoms with Crippen LogP contribution in [-0.4, -0.2) is 35.3 Å². The van der Waals surface area contributed by atoms with Gasteiger partial charge in [0.1, 0.15) is 11.8 Å². The highest BCUT2D eigenvalue weighted by atomic mass is 79.9. The van der Waals surface area contributed by atoms with Crippen molar-refractivity contribution in [3.05, 3.63) is 99.5 Å². The molecule has 2 amide bonds. The van der Waals surface area contributed by atoms with Gasteiger partial charge in [-0.25, -0.2) is 0 Å². The minimum atomic E-state index is -0.981. The number of halogens is 1. The summed E-state index contributed by atoms with van der Waals surface area (Å²) in [5.41, 5.74) is 9.75. The number of amidine groups is 1. The van der Waals surface area contributed by atoms with Crippen LogP contribution in [0, 0.1) is 5.41 Å². The van der Waals surface area contributed by atoms with Crippen molar-refractivity contribution in [2.24, 2.45) is 5.73 Å². The predicted molar refractivity (Wildman–Crippen MR) is 142 cm³/mol. The molecule has 1 aliphatic rings. The monoisotopic (exact) mass is 550 g/mol. The lowest BCUT2D eigenvalue weighted by atomic mass is 9.87. The molecule has 0 saturated heterocycles. The second-order valence-electron chi connectivity index (χ2n) is 8.29. The van der Waals surface area contributed by atoms with Gasteiger partial charge in [-0.15, -0.1) is 0 Å². The van der Waals surface area contributed by atoms with Crippen molar-refractivity contribution in [2.45, 2.75) is 31.2 Å². The minimum absolute atomic E-state index is 0.0277. The number of rotatable bonds is 6. The maximum Gasteiger partial charge on any atom is 0.290 e. The molecule has 36 heavy (non-hydrogen) atoms. The zero-order valence-corrected chi connectivity index (χ0v) is 21.0. The van der Waals surface area contributed by atoms with Gasteiger partial charge in [0.2, 0.25) is 11.8 Å². The number of carbonyl (C=O) groups is 3. The van der Waals surface area contributed by atoms with E-state index in [4.69, 9.17) is 21.0 Å². The van der Waals surface area contributed by atoms with Crippen molar-refractivity contribution in [1.29, 1.82) is 5.41 Å². The van der Waals surface area contributed by atoms with Gasteiger partial charge in [0.15, 0.2) is 0 Å². The molecule has 0 fully saturated rings. The lowest BCUT2D eigenvalue weighted by molar-refractivity contribution is -0.129. The molecule has 0 radical (unpaired) electrons. The van der Waals surface area contributed by atoms with Crippen molar-refractivity contribution in [1.82, 2.24) is 5.32 Å². The molecular weight excluding hydrogens is 524 g/mol. The summed E-state index contributed by atoms with van der Waals surface area (Å²) >= 11 is 3.51. The van der Waals surface area contributed by atoms with Crippen LogP contribution < -0.4 is 16.4 Å². The Morgan fingerprint density at radius 2 is 1.69 bits per heavy atom. The van der Waals surface area contributed by atoms with E-state index in [2.05, 4.69) is 38.7 Å². The Labute approximate surface area is 217 Å². The number of anilines is 1. The van der Waals surface area contributed by atoms with Crippen LogP contribution >= 0.6 is 15.9 Å². The van der Waals surface area contributed by atoms with E-state index >= 15 is 0 Å². The Morgan fingerprint density at radius 1 is 1.03 bits per heavy atom. The third-order valence-electron chi connectivity index (χ3n) is 5.86. The quantitative estimate of drug-likeness (QED) is 0.137. The Morgan fingerprint density at radius 3 is 2.33 bits per heavy atom. The van der Waals surface area contributed by atoms with E-state index in [-0.39, 0.29) is 24.3 Å². The van der Waals surface area contributed by atoms with Gasteiger partial charge in [-0.1, -0.05) is 52.3 Å². The number of benzene rings is 3. The summed E-state index contributed by atoms with van der Waals surface area (Å²) in [5.74, 6) is -1.75. The molecule has 0 aliphatic heterocycles. The van der Waals surface area contributed by atoms with Gasteiger partial charge in [-0.05, 0) is 72.4 Å². The van der Waals surface area contributed by atoms with Crippen LogP contribution in [0.3, 0.4) is 0 Å². The normalized spacial score (nSPS) is 14.8. The predicted octanol–water partition coefficient (Wildman–Crippen LogP) is 3.83. The fourth-order valence-corrected chi connectivity index (χ4v) is 4.55. The highest BCUT2D eigenvalue weighted by Crippen LogP contribution is 2.26. The summed E-state index contributed by atoms with van der Waals surface area (Å²) in [5, 5.41) is 20.3. The molecule has 2 atom stereocenters. The van der Waals surface area contributed by atoms with Crippen LogP contribution in [0.15, 0.2) is 77.3 Å². The van der Waals surface area contributed by atoms with E-state index in [1.54, 1.807) is 36.4 Å². The molecular formula is C27H27BrN4O4. The van der Waals surface area contributed by atoms with Crippen LogP contribution in [0.1, 0.15) is 34.6 Å². The molecule has 186 valence electrons. The van der Waals surface area contributed by atoms with Crippen molar-refractivity contribution < 1.29 is 19.5 Å². The standard InChI is InChI=1S/C26H25BrN4O2.CH2O2/c27-20-10-6-19-15-22(13-9-18(19)14-20)31-26(33)23(16-4-2-1-3-5-16)25(32)30-21-11-7-17(8-12-21)24(28)29;2-1-3/h1-8,10-12,14,22-23H,9,13,15H2,(H3,28,29)(H,30,32)(H,31,33);1H,(H,2,3)/t22-,23?;/m1./s1. The summed E-state index contributed by atoms with van der Waals surface area (Å²) in [6.45, 7) is -0.250. The van der Waals surface area contributed by atoms with Gasteiger partial charge in [-0.2, -0.15) is 0 Å². The van der Waals surface area contributed by atoms with Gasteiger partial charge in [0.05, 0.1) is 0 Å². The van der Waals surface area contributed by atoms with Crippen molar-refractivity contribution in [3.63, 3.8) is 0 Å². The van der Waals surface area contributed by atoms with Gasteiger partial charge >= 0.3 is 0 Å². The molecule has 0 bridgehead atoms. The van der Waals surface area contributed by atoms with Crippen molar-refractivity contribution >= 4 is 45.7 Å². The molecule has 1 unspecified atom stereocenters. The summed E-state index contributed by atoms with van der Waals surface area (Å²) < 4.78 is 1.06. The number of carbonyl (C=O) groups excluding carboxylic acids is 2. The first-order chi connectivity index (χ1) is 17.3. The Balaban J connectivity index is 0.00000115. The average Bonchev–Trinajstić information content (AvgIpc) is 2.86. The molecule has 6 N–H and O–H groups in total. The zero-order chi connectivity index (χ0) is 26.1. The van der Waals surface area contributed by atoms with Gasteiger partial charge in [0, 0.05) is 21.8 Å². The average molecular weight is 551 g/mol. The van der Waals surface area contributed by atoms with E-state index < -0.39 is 11.8 Å². The van der Waals surface area contributed by atoms with Gasteiger partial charge < -0.3 is 21.5 Å². The molecule has 8 nitrogen and oxygen atoms in total. The lowest BCUT2D eigenvalue weighted by Crippen LogP contribution is -2.44. The molecule has 3 aromatic rings. The van der Waals surface area contributed by atoms with E-state index in [1.165, 1.54) is 11.1 Å². The second kappa shape index (κ2) is 12.6. The Bertz CT molecular complexity index is 1230. The molecule has 0 heterocycles. The Hall–Kier alpha value is -3.98. The van der Waals surface area contributed by atoms with Crippen molar-refractivity contribution in [2.75, 3.05) is 5.32 Å². The molecule has 0 saturated carbocycles. The van der Waals surface area contributed by atoms with E-state index in [0.717, 1.165) is 23.7 Å². The first-order valence-electron chi connectivity index (χ1n) is 11.3. The second-order valence-corrected chi connectivity index (χ2v) is 9.21. The molecule has 4 rings (SSSR count). The van der Waals surface area contributed by atoms with E-state index in [0.29, 0.717) is 16.8 Å². The number of nitrogen functional groups attached to an aromatic ring is 1. The smallest absolute Gasteiger partial charge is 0.290 e. The highest BCUT2D eigenvalue weighted by molar-refractivity contribution is 9.10. The number of amides is 2. The van der Waals surface area contributed by atoms with Crippen molar-refractivity contribution in [3.8, 4) is 0 Å². The van der Waals surface area contributed by atoms with Gasteiger partial charge in [-0.3, -0.25) is 19.8 Å². The number of hydrogen-bond donors (Lipinski definition) is 5. The topological polar surface area (TPSA) is 145 Å². The summed E-state index contributed by atoms with van der Waals surface area (Å²) in [6, 6.07) is 21.9. The fraction of sp³-hybridized carbons (Fsp3) is 0.185. The molecule has 1 aliphatic carbocycles. The molecule has 3 aromatic carbocycles. The number of nitrogens with two attached hydrogens (primary N) is 1. The first kappa shape index (κ1) is 26.6. The summed E-state index contributed by atoms with van der Waals surface area (Å²) in [6.07, 6.45) is 2.44. The first-order valence-corrected chi connectivity index (χ1v) is 12.1. The van der Waals surface area contributed by atoms with Crippen LogP contribution in [0.2, 0.25) is 0 Å². The largest absolute Gasteiger partial charge is 0.483 e. The van der Waals surface area contributed by atoms with Crippen LogP contribution in [-0.2, 0) is 27.2 Å². The van der Waals surface area contributed by atoms with Crippen LogP contribution in [0.4, 0.5) is 5.69 Å². The molecule has 9 heteroatoms. The third kappa shape index (κ3) is 7.02. The Kier molecular flexibility index (Phi) is 9.35. The lowest BCUT2D eigenvalue weighted by Gasteiger charge is -2.27. The molecule has 0 spiro atoms. The number of fused-ring (bicyclic) bond motifs is 1. The SMILES string of the molecule is N=C(N)c1ccc(NC(=O)C(C(=O)N[C@@H]2CCc3cc(Br)ccc3C2)c2ccccc2)cc1.O=CO. The maximum absolute atomic E-state index is 13.3. The minimum Gasteiger partial charge on any atom is -0.483 e. The maximum atomic E-state index is 13.3. The fourth-order valence-electron chi connectivity index (χ4n) is 4.15. The summed E-state index contributed by atoms with van der Waals surface area (Å²) in [4.78, 5) is 34.9.